The van der Waals surface area contributed by atoms with Crippen LogP contribution in [-0.4, -0.2) is 79.2 Å². The van der Waals surface area contributed by atoms with Crippen LogP contribution in [0.2, 0.25) is 0 Å². The Kier molecular flexibility index (Phi) is 4.63. The van der Waals surface area contributed by atoms with E-state index in [-0.39, 0.29) is 24.5 Å². The molecule has 0 radical (unpaired) electrons. The second-order valence-corrected chi connectivity index (χ2v) is 6.99. The summed E-state index contributed by atoms with van der Waals surface area (Å²) in [6, 6.07) is 7.23. The van der Waals surface area contributed by atoms with Gasteiger partial charge in [0.05, 0.1) is 26.1 Å². The van der Waals surface area contributed by atoms with E-state index in [1.165, 1.54) is 0 Å². The molecule has 2 unspecified atom stereocenters. The van der Waals surface area contributed by atoms with Gasteiger partial charge in [0.15, 0.2) is 11.9 Å². The summed E-state index contributed by atoms with van der Waals surface area (Å²) in [4.78, 5) is 30.1. The Morgan fingerprint density at radius 1 is 1.20 bits per heavy atom. The van der Waals surface area contributed by atoms with Crippen molar-refractivity contribution in [3.05, 3.63) is 34.3 Å². The van der Waals surface area contributed by atoms with E-state index in [9.17, 15) is 4.79 Å². The molecule has 0 amide bonds. The maximum atomic E-state index is 12.5. The highest BCUT2D eigenvalue weighted by Crippen LogP contribution is 2.22. The summed E-state index contributed by atoms with van der Waals surface area (Å²) >= 11 is 3.38. The third kappa shape index (κ3) is 3.36. The molecule has 25 heavy (non-hydrogen) atoms. The number of aliphatic imine (C=N–C) groups is 3. The van der Waals surface area contributed by atoms with Gasteiger partial charge in [0.2, 0.25) is 0 Å². The highest BCUT2D eigenvalue weighted by atomic mass is 79.9. The van der Waals surface area contributed by atoms with E-state index in [2.05, 4.69) is 35.8 Å². The molecule has 1 fully saturated rings. The van der Waals surface area contributed by atoms with Gasteiger partial charge < -0.3 is 14.5 Å². The number of carbonyl (C=O) groups excluding carboxylic acids is 1. The van der Waals surface area contributed by atoms with Crippen molar-refractivity contribution in [2.45, 2.75) is 12.2 Å². The Morgan fingerprint density at radius 2 is 1.96 bits per heavy atom. The normalized spacial score (nSPS) is 25.1. The average Bonchev–Trinajstić information content (AvgIpc) is 3.06. The predicted molar refractivity (Wildman–Crippen MR) is 99.6 cm³/mol. The second kappa shape index (κ2) is 7.05. The van der Waals surface area contributed by atoms with Crippen molar-refractivity contribution in [3.63, 3.8) is 0 Å². The van der Waals surface area contributed by atoms with Gasteiger partial charge in [-0.1, -0.05) is 28.1 Å². The molecule has 1 aromatic carbocycles. The first-order valence-electron chi connectivity index (χ1n) is 8.22. The lowest BCUT2D eigenvalue weighted by atomic mass is 10.1. The van der Waals surface area contributed by atoms with E-state index < -0.39 is 0 Å². The molecule has 7 nitrogen and oxygen atoms in total. The Bertz CT molecular complexity index is 740. The molecular weight excluding hydrogens is 386 g/mol. The molecule has 0 saturated carbocycles. The number of benzene rings is 1. The van der Waals surface area contributed by atoms with Crippen LogP contribution >= 0.6 is 15.9 Å². The molecular formula is C17H18BrN5O2. The van der Waals surface area contributed by atoms with Crippen LogP contribution in [0, 0.1) is 0 Å². The molecule has 2 atom stereocenters. The minimum absolute atomic E-state index is 0.0465. The number of carbonyl (C=O) groups is 1. The largest absolute Gasteiger partial charge is 0.378 e. The molecule has 0 aromatic heterocycles. The Hall–Kier alpha value is -2.06. The van der Waals surface area contributed by atoms with Crippen molar-refractivity contribution < 1.29 is 9.53 Å². The maximum Gasteiger partial charge on any atom is 0.182 e. The van der Waals surface area contributed by atoms with Crippen molar-refractivity contribution in [2.75, 3.05) is 32.8 Å². The number of fused-ring (bicyclic) bond motifs is 1. The van der Waals surface area contributed by atoms with Crippen LogP contribution in [0.15, 0.2) is 43.7 Å². The number of ketones is 1. The molecule has 0 bridgehead atoms. The summed E-state index contributed by atoms with van der Waals surface area (Å²) in [5, 5.41) is 0. The highest BCUT2D eigenvalue weighted by Gasteiger charge is 2.38. The zero-order valence-corrected chi connectivity index (χ0v) is 15.2. The molecule has 1 aromatic rings. The minimum Gasteiger partial charge on any atom is -0.378 e. The zero-order valence-electron chi connectivity index (χ0n) is 13.6. The van der Waals surface area contributed by atoms with Crippen molar-refractivity contribution in [2.24, 2.45) is 15.0 Å². The minimum atomic E-state index is -0.199. The van der Waals surface area contributed by atoms with Crippen LogP contribution in [0.5, 0.6) is 0 Å². The predicted octanol–water partition coefficient (Wildman–Crippen LogP) is 1.44. The number of amidine groups is 1. The number of nitrogens with zero attached hydrogens (tertiary/aromatic N) is 5. The second-order valence-electron chi connectivity index (χ2n) is 6.08. The molecule has 1 saturated heterocycles. The number of halogens is 1. The summed E-state index contributed by atoms with van der Waals surface area (Å²) in [5.41, 5.74) is 0.682. The van der Waals surface area contributed by atoms with Crippen molar-refractivity contribution in [1.82, 2.24) is 9.80 Å². The molecule has 3 aliphatic heterocycles. The molecule has 3 heterocycles. The lowest BCUT2D eigenvalue weighted by Gasteiger charge is -2.35. The summed E-state index contributed by atoms with van der Waals surface area (Å²) in [5.74, 6) is 0.961. The van der Waals surface area contributed by atoms with E-state index >= 15 is 0 Å². The fourth-order valence-electron chi connectivity index (χ4n) is 3.18. The summed E-state index contributed by atoms with van der Waals surface area (Å²) in [6.07, 6.45) is 3.11. The highest BCUT2D eigenvalue weighted by molar-refractivity contribution is 9.10. The third-order valence-corrected chi connectivity index (χ3v) is 5.03. The van der Waals surface area contributed by atoms with E-state index in [0.717, 1.165) is 23.4 Å². The van der Waals surface area contributed by atoms with Crippen LogP contribution in [0.3, 0.4) is 0 Å². The monoisotopic (exact) mass is 403 g/mol. The fourth-order valence-corrected chi connectivity index (χ4v) is 3.44. The van der Waals surface area contributed by atoms with Crippen LogP contribution < -0.4 is 0 Å². The maximum absolute atomic E-state index is 12.5. The number of ether oxygens (including phenoxy) is 1. The van der Waals surface area contributed by atoms with Gasteiger partial charge in [-0.25, -0.2) is 9.98 Å². The lowest BCUT2D eigenvalue weighted by molar-refractivity contribution is 0.0662. The molecule has 4 rings (SSSR count). The van der Waals surface area contributed by atoms with Gasteiger partial charge in [-0.3, -0.25) is 9.79 Å². The van der Waals surface area contributed by atoms with Gasteiger partial charge in [0.1, 0.15) is 18.2 Å². The summed E-state index contributed by atoms with van der Waals surface area (Å²) in [6.45, 7) is 3.26. The Labute approximate surface area is 154 Å². The quantitative estimate of drug-likeness (QED) is 0.716. The molecule has 130 valence electrons. The fraction of sp³-hybridized carbons (Fsp3) is 0.412. The van der Waals surface area contributed by atoms with Crippen LogP contribution in [0.25, 0.3) is 0 Å². The smallest absolute Gasteiger partial charge is 0.182 e. The van der Waals surface area contributed by atoms with E-state index in [0.29, 0.717) is 18.8 Å². The molecule has 3 aliphatic rings. The summed E-state index contributed by atoms with van der Waals surface area (Å²) in [7, 11) is 0. The number of morpholine rings is 1. The van der Waals surface area contributed by atoms with Gasteiger partial charge in [-0.05, 0) is 12.1 Å². The van der Waals surface area contributed by atoms with Gasteiger partial charge in [0.25, 0.3) is 0 Å². The number of Topliss-reactive ketones (excluding diaryl/α,β-unsaturated/α-hetero) is 1. The standard InChI is InChI=1S/C17H18BrN5O2/c18-13-3-1-12(2-4-13)14(24)9-23-11-21-15-16(19-10-20-17(15)23)22-5-7-25-8-6-22/h1-4,10-11,15,17H,5-9H2. The molecule has 0 N–H and O–H groups in total. The summed E-state index contributed by atoms with van der Waals surface area (Å²) < 4.78 is 6.36. The van der Waals surface area contributed by atoms with Crippen molar-refractivity contribution in [3.8, 4) is 0 Å². The molecule has 0 aliphatic carbocycles. The first kappa shape index (κ1) is 16.4. The van der Waals surface area contributed by atoms with Gasteiger partial charge in [-0.15, -0.1) is 0 Å². The lowest BCUT2D eigenvalue weighted by Crippen LogP contribution is -2.51. The van der Waals surface area contributed by atoms with E-state index in [4.69, 9.17) is 4.74 Å². The van der Waals surface area contributed by atoms with Gasteiger partial charge in [0, 0.05) is 23.1 Å². The van der Waals surface area contributed by atoms with Gasteiger partial charge in [-0.2, -0.15) is 0 Å². The van der Waals surface area contributed by atoms with Crippen LogP contribution in [0.4, 0.5) is 0 Å². The zero-order chi connectivity index (χ0) is 17.2. The van der Waals surface area contributed by atoms with Gasteiger partial charge >= 0.3 is 0 Å². The average molecular weight is 404 g/mol. The number of rotatable bonds is 3. The first-order valence-corrected chi connectivity index (χ1v) is 9.01. The number of hydrogen-bond acceptors (Lipinski definition) is 7. The van der Waals surface area contributed by atoms with E-state index in [1.807, 2.05) is 29.2 Å². The van der Waals surface area contributed by atoms with Crippen LogP contribution in [0.1, 0.15) is 10.4 Å². The molecule has 8 heteroatoms. The van der Waals surface area contributed by atoms with Crippen molar-refractivity contribution >= 4 is 40.2 Å². The first-order chi connectivity index (χ1) is 12.2. The SMILES string of the molecule is O=C(CN1C=NC2C(N3CCOCC3)=NC=NC21)c1ccc(Br)cc1. The Balaban J connectivity index is 1.45. The Morgan fingerprint density at radius 3 is 2.72 bits per heavy atom. The van der Waals surface area contributed by atoms with E-state index in [1.54, 1.807) is 12.7 Å². The van der Waals surface area contributed by atoms with Crippen molar-refractivity contribution in [1.29, 1.82) is 0 Å². The third-order valence-electron chi connectivity index (χ3n) is 4.50. The topological polar surface area (TPSA) is 69.9 Å². The number of hydrogen-bond donors (Lipinski definition) is 0. The van der Waals surface area contributed by atoms with Crippen LogP contribution in [-0.2, 0) is 4.74 Å². The molecule has 0 spiro atoms.